The lowest BCUT2D eigenvalue weighted by molar-refractivity contribution is -0.117. The van der Waals surface area contributed by atoms with Crippen molar-refractivity contribution < 1.29 is 23.1 Å². The second-order valence-corrected chi connectivity index (χ2v) is 7.19. The highest BCUT2D eigenvalue weighted by Gasteiger charge is 2.38. The molecule has 0 heterocycles. The molecule has 1 N–H and O–H groups in total. The number of amides is 1. The van der Waals surface area contributed by atoms with E-state index < -0.39 is 17.6 Å². The van der Waals surface area contributed by atoms with Crippen LogP contribution in [0.4, 0.5) is 13.6 Å². The molecule has 128 valence electrons. The van der Waals surface area contributed by atoms with Crippen LogP contribution in [0.2, 0.25) is 0 Å². The van der Waals surface area contributed by atoms with E-state index in [1.54, 1.807) is 20.8 Å². The zero-order chi connectivity index (χ0) is 17.0. The Morgan fingerprint density at radius 3 is 2.27 bits per heavy atom. The fraction of sp³-hybridized carbons (Fsp3) is 0.875. The van der Waals surface area contributed by atoms with Gasteiger partial charge >= 0.3 is 6.09 Å². The van der Waals surface area contributed by atoms with Gasteiger partial charge in [0.2, 0.25) is 5.92 Å². The number of carbonyl (C=O) groups is 2. The number of alkyl carbamates (subject to hydrolysis) is 1. The topological polar surface area (TPSA) is 55.4 Å². The molecule has 0 spiro atoms. The van der Waals surface area contributed by atoms with Crippen LogP contribution in [0.25, 0.3) is 0 Å². The number of Topliss-reactive ketones (excluding diaryl/α,β-unsaturated/α-hetero) is 1. The van der Waals surface area contributed by atoms with Crippen LogP contribution in [0, 0.1) is 5.92 Å². The molecule has 1 aliphatic carbocycles. The minimum atomic E-state index is -2.60. The van der Waals surface area contributed by atoms with Gasteiger partial charge in [-0.15, -0.1) is 0 Å². The molecule has 0 aliphatic heterocycles. The van der Waals surface area contributed by atoms with Crippen LogP contribution >= 0.6 is 0 Å². The Hall–Kier alpha value is -1.20. The Bertz CT molecular complexity index is 395. The van der Waals surface area contributed by atoms with Gasteiger partial charge in [0.1, 0.15) is 11.4 Å². The second kappa shape index (κ2) is 7.38. The molecule has 0 saturated heterocycles. The zero-order valence-electron chi connectivity index (χ0n) is 13.9. The summed E-state index contributed by atoms with van der Waals surface area (Å²) in [6, 6.07) is -0.296. The van der Waals surface area contributed by atoms with Gasteiger partial charge in [0.05, 0.1) is 0 Å². The standard InChI is InChI=1S/C16H27F2NO3/c1-11(20)5-6-13(19-14(21)22-15(2,3)4)12-7-9-16(17,18)10-8-12/h12-13H,5-10H2,1-4H3,(H,19,21)/t13-/m0/s1. The molecule has 1 aliphatic rings. The van der Waals surface area contributed by atoms with E-state index >= 15 is 0 Å². The molecule has 1 amide bonds. The maximum Gasteiger partial charge on any atom is 0.407 e. The average Bonchev–Trinajstić information content (AvgIpc) is 2.32. The highest BCUT2D eigenvalue weighted by atomic mass is 19.3. The predicted molar refractivity (Wildman–Crippen MR) is 80.0 cm³/mol. The molecule has 0 aromatic rings. The number of hydrogen-bond acceptors (Lipinski definition) is 3. The summed E-state index contributed by atoms with van der Waals surface area (Å²) in [6.07, 6.45) is 0.613. The quantitative estimate of drug-likeness (QED) is 0.831. The van der Waals surface area contributed by atoms with Crippen LogP contribution in [-0.4, -0.2) is 29.4 Å². The molecule has 6 heteroatoms. The molecule has 1 atom stereocenters. The van der Waals surface area contributed by atoms with Crippen molar-refractivity contribution in [3.63, 3.8) is 0 Å². The van der Waals surface area contributed by atoms with E-state index in [4.69, 9.17) is 4.74 Å². The Morgan fingerprint density at radius 1 is 1.27 bits per heavy atom. The van der Waals surface area contributed by atoms with Crippen LogP contribution in [0.15, 0.2) is 0 Å². The van der Waals surface area contributed by atoms with Gasteiger partial charge in [-0.3, -0.25) is 0 Å². The van der Waals surface area contributed by atoms with Gasteiger partial charge < -0.3 is 14.8 Å². The van der Waals surface area contributed by atoms with Crippen LogP contribution < -0.4 is 5.32 Å². The summed E-state index contributed by atoms with van der Waals surface area (Å²) in [5, 5.41) is 2.77. The van der Waals surface area contributed by atoms with Crippen molar-refractivity contribution in [1.82, 2.24) is 5.32 Å². The van der Waals surface area contributed by atoms with Gasteiger partial charge in [-0.25, -0.2) is 13.6 Å². The van der Waals surface area contributed by atoms with Gasteiger partial charge in [-0.2, -0.15) is 0 Å². The normalized spacial score (nSPS) is 20.3. The van der Waals surface area contributed by atoms with Crippen LogP contribution in [0.5, 0.6) is 0 Å². The monoisotopic (exact) mass is 319 g/mol. The number of alkyl halides is 2. The maximum absolute atomic E-state index is 13.3. The summed E-state index contributed by atoms with van der Waals surface area (Å²) >= 11 is 0. The lowest BCUT2D eigenvalue weighted by Crippen LogP contribution is -2.45. The summed E-state index contributed by atoms with van der Waals surface area (Å²) in [4.78, 5) is 23.1. The van der Waals surface area contributed by atoms with Crippen molar-refractivity contribution in [2.24, 2.45) is 5.92 Å². The summed E-state index contributed by atoms with van der Waals surface area (Å²) in [7, 11) is 0. The molecule has 0 aromatic carbocycles. The second-order valence-electron chi connectivity index (χ2n) is 7.19. The number of ether oxygens (including phenoxy) is 1. The van der Waals surface area contributed by atoms with Crippen LogP contribution in [0.1, 0.15) is 66.2 Å². The number of hydrogen-bond donors (Lipinski definition) is 1. The van der Waals surface area contributed by atoms with Gasteiger partial charge in [0, 0.05) is 25.3 Å². The largest absolute Gasteiger partial charge is 0.444 e. The van der Waals surface area contributed by atoms with Gasteiger partial charge in [-0.05, 0) is 52.9 Å². The summed E-state index contributed by atoms with van der Waals surface area (Å²) in [5.41, 5.74) is -0.616. The molecular formula is C16H27F2NO3. The van der Waals surface area contributed by atoms with E-state index in [1.807, 2.05) is 0 Å². The SMILES string of the molecule is CC(=O)CC[C@H](NC(=O)OC(C)(C)C)C1CCC(F)(F)CC1. The van der Waals surface area contributed by atoms with Crippen molar-refractivity contribution in [2.45, 2.75) is 83.8 Å². The number of ketones is 1. The fourth-order valence-electron chi connectivity index (χ4n) is 2.71. The Morgan fingerprint density at radius 2 is 1.82 bits per heavy atom. The molecule has 1 rings (SSSR count). The molecule has 0 bridgehead atoms. The third-order valence-corrected chi connectivity index (χ3v) is 3.84. The van der Waals surface area contributed by atoms with Gasteiger partial charge in [0.15, 0.2) is 0 Å². The summed E-state index contributed by atoms with van der Waals surface area (Å²) < 4.78 is 31.8. The molecular weight excluding hydrogens is 292 g/mol. The van der Waals surface area contributed by atoms with Crippen molar-refractivity contribution >= 4 is 11.9 Å². The van der Waals surface area contributed by atoms with E-state index in [0.717, 1.165) is 0 Å². The third-order valence-electron chi connectivity index (χ3n) is 3.84. The molecule has 0 radical (unpaired) electrons. The Labute approximate surface area is 131 Å². The molecule has 0 unspecified atom stereocenters. The fourth-order valence-corrected chi connectivity index (χ4v) is 2.71. The van der Waals surface area contributed by atoms with Crippen LogP contribution in [0.3, 0.4) is 0 Å². The average molecular weight is 319 g/mol. The van der Waals surface area contributed by atoms with E-state index in [9.17, 15) is 18.4 Å². The number of rotatable bonds is 5. The van der Waals surface area contributed by atoms with Gasteiger partial charge in [-0.1, -0.05) is 0 Å². The van der Waals surface area contributed by atoms with E-state index in [0.29, 0.717) is 25.7 Å². The van der Waals surface area contributed by atoms with Crippen molar-refractivity contribution in [1.29, 1.82) is 0 Å². The molecule has 22 heavy (non-hydrogen) atoms. The minimum absolute atomic E-state index is 0.0251. The van der Waals surface area contributed by atoms with E-state index in [2.05, 4.69) is 5.32 Å². The Kier molecular flexibility index (Phi) is 6.32. The molecule has 1 saturated carbocycles. The first kappa shape index (κ1) is 18.8. The molecule has 1 fully saturated rings. The number of nitrogens with one attached hydrogen (secondary N) is 1. The van der Waals surface area contributed by atoms with Crippen LogP contribution in [-0.2, 0) is 9.53 Å². The van der Waals surface area contributed by atoms with Crippen molar-refractivity contribution in [3.05, 3.63) is 0 Å². The highest BCUT2D eigenvalue weighted by Crippen LogP contribution is 2.38. The molecule has 0 aromatic heterocycles. The highest BCUT2D eigenvalue weighted by molar-refractivity contribution is 5.75. The smallest absolute Gasteiger partial charge is 0.407 e. The van der Waals surface area contributed by atoms with E-state index in [1.165, 1.54) is 6.92 Å². The first-order valence-electron chi connectivity index (χ1n) is 7.85. The first-order chi connectivity index (χ1) is 9.98. The first-order valence-corrected chi connectivity index (χ1v) is 7.85. The third kappa shape index (κ3) is 7.18. The summed E-state index contributed by atoms with van der Waals surface area (Å²) in [5.74, 6) is -2.61. The van der Waals surface area contributed by atoms with E-state index in [-0.39, 0.29) is 30.6 Å². The molecule has 4 nitrogen and oxygen atoms in total. The lowest BCUT2D eigenvalue weighted by Gasteiger charge is -2.34. The van der Waals surface area contributed by atoms with Crippen molar-refractivity contribution in [3.8, 4) is 0 Å². The number of halogens is 2. The lowest BCUT2D eigenvalue weighted by atomic mass is 9.80. The Balaban J connectivity index is 2.63. The maximum atomic E-state index is 13.3. The minimum Gasteiger partial charge on any atom is -0.444 e. The van der Waals surface area contributed by atoms with Gasteiger partial charge in [0.25, 0.3) is 0 Å². The zero-order valence-corrected chi connectivity index (χ0v) is 13.9. The number of carbonyl (C=O) groups excluding carboxylic acids is 2. The summed E-state index contributed by atoms with van der Waals surface area (Å²) in [6.45, 7) is 6.77. The predicted octanol–water partition coefficient (Wildman–Crippen LogP) is 4.07. The van der Waals surface area contributed by atoms with Crippen molar-refractivity contribution in [2.75, 3.05) is 0 Å².